The van der Waals surface area contributed by atoms with E-state index in [2.05, 4.69) is 8.37 Å². The molecule has 0 fully saturated rings. The monoisotopic (exact) mass is 202 g/mol. The molecule has 6 heteroatoms. The van der Waals surface area contributed by atoms with Gasteiger partial charge in [-0.1, -0.05) is 0 Å². The van der Waals surface area contributed by atoms with Crippen molar-refractivity contribution in [1.29, 1.82) is 0 Å². The highest BCUT2D eigenvalue weighted by atomic mass is 32.3. The molecule has 5 nitrogen and oxygen atoms in total. The van der Waals surface area contributed by atoms with Gasteiger partial charge in [0, 0.05) is 5.56 Å². The Morgan fingerprint density at radius 1 is 1.31 bits per heavy atom. The molecule has 1 aromatic carbocycles. The molecule has 0 radical (unpaired) electrons. The third-order valence-corrected chi connectivity index (χ3v) is 2.47. The van der Waals surface area contributed by atoms with Gasteiger partial charge < -0.3 is 13.5 Å². The number of rotatable bonds is 0. The first-order chi connectivity index (χ1) is 5.99. The van der Waals surface area contributed by atoms with Crippen LogP contribution in [0.25, 0.3) is 0 Å². The van der Waals surface area contributed by atoms with E-state index in [0.29, 0.717) is 5.56 Å². The second kappa shape index (κ2) is 2.29. The van der Waals surface area contributed by atoms with Crippen LogP contribution in [0, 0.1) is 6.92 Å². The van der Waals surface area contributed by atoms with Crippen molar-refractivity contribution in [2.45, 2.75) is 6.92 Å². The first-order valence-corrected chi connectivity index (χ1v) is 4.79. The number of phenolic OH excluding ortho intramolecular Hbond substituents is 1. The second-order valence-corrected chi connectivity index (χ2v) is 3.76. The summed E-state index contributed by atoms with van der Waals surface area (Å²) in [5.41, 5.74) is 0.467. The topological polar surface area (TPSA) is 72.8 Å². The molecule has 1 heterocycles. The molecule has 0 spiro atoms. The molecule has 0 saturated heterocycles. The summed E-state index contributed by atoms with van der Waals surface area (Å²) in [6, 6.07) is 2.68. The standard InChI is InChI=1S/C7H6O5S/c1-4-6-3-2-5(8)7(4)12-13(9,10)11-6/h2-3,8H,1H3. The molecule has 0 atom stereocenters. The normalized spacial score (nSPS) is 17.3. The van der Waals surface area contributed by atoms with E-state index in [-0.39, 0.29) is 17.2 Å². The summed E-state index contributed by atoms with van der Waals surface area (Å²) in [6.07, 6.45) is 0. The maximum Gasteiger partial charge on any atom is 0.501 e. The van der Waals surface area contributed by atoms with E-state index >= 15 is 0 Å². The summed E-state index contributed by atoms with van der Waals surface area (Å²) < 4.78 is 30.7. The van der Waals surface area contributed by atoms with Gasteiger partial charge in [-0.2, -0.15) is 0 Å². The fourth-order valence-electron chi connectivity index (χ4n) is 1.08. The smallest absolute Gasteiger partial charge is 0.501 e. The summed E-state index contributed by atoms with van der Waals surface area (Å²) in [6.45, 7) is 1.60. The van der Waals surface area contributed by atoms with Gasteiger partial charge in [-0.15, -0.1) is 8.42 Å². The molecule has 70 valence electrons. The SMILES string of the molecule is Cc1c2ccc(O)c1OS(=O)(=O)O2. The molecular formula is C7H6O5S. The predicted octanol–water partition coefficient (Wildman–Crippen LogP) is 0.717. The lowest BCUT2D eigenvalue weighted by Crippen LogP contribution is -2.21. The Labute approximate surface area is 74.9 Å². The number of hydrogen-bond donors (Lipinski definition) is 1. The minimum atomic E-state index is -4.03. The zero-order valence-corrected chi connectivity index (χ0v) is 7.46. The Balaban J connectivity index is 2.72. The summed E-state index contributed by atoms with van der Waals surface area (Å²) in [7, 11) is -4.03. The lowest BCUT2D eigenvalue weighted by atomic mass is 10.2. The van der Waals surface area contributed by atoms with Gasteiger partial charge in [-0.25, -0.2) is 0 Å². The first-order valence-electron chi connectivity index (χ1n) is 3.46. The molecule has 1 N–H and O–H groups in total. The lowest BCUT2D eigenvalue weighted by Gasteiger charge is -2.18. The number of aromatic hydroxyl groups is 1. The first kappa shape index (κ1) is 8.18. The highest BCUT2D eigenvalue weighted by molar-refractivity contribution is 7.82. The van der Waals surface area contributed by atoms with E-state index in [0.717, 1.165) is 0 Å². The van der Waals surface area contributed by atoms with E-state index in [1.807, 2.05) is 0 Å². The molecule has 1 aliphatic rings. The van der Waals surface area contributed by atoms with E-state index in [9.17, 15) is 13.5 Å². The maximum atomic E-state index is 10.9. The highest BCUT2D eigenvalue weighted by Gasteiger charge is 2.28. The van der Waals surface area contributed by atoms with Crippen LogP contribution in [-0.2, 0) is 10.4 Å². The molecule has 0 unspecified atom stereocenters. The zero-order valence-electron chi connectivity index (χ0n) is 6.64. The van der Waals surface area contributed by atoms with E-state index in [1.54, 1.807) is 6.92 Å². The number of phenols is 1. The zero-order chi connectivity index (χ0) is 9.64. The summed E-state index contributed by atoms with van der Waals surface area (Å²) >= 11 is 0. The molecule has 0 saturated carbocycles. The molecule has 1 aromatic rings. The number of fused-ring (bicyclic) bond motifs is 2. The van der Waals surface area contributed by atoms with Crippen molar-refractivity contribution in [3.63, 3.8) is 0 Å². The summed E-state index contributed by atoms with van der Waals surface area (Å²) in [4.78, 5) is 0. The van der Waals surface area contributed by atoms with Crippen molar-refractivity contribution in [2.24, 2.45) is 0 Å². The van der Waals surface area contributed by atoms with Crippen LogP contribution in [-0.4, -0.2) is 13.5 Å². The Morgan fingerprint density at radius 2 is 2.00 bits per heavy atom. The van der Waals surface area contributed by atoms with Crippen molar-refractivity contribution in [3.8, 4) is 17.2 Å². The van der Waals surface area contributed by atoms with Crippen LogP contribution >= 0.6 is 0 Å². The molecule has 13 heavy (non-hydrogen) atoms. The van der Waals surface area contributed by atoms with Crippen molar-refractivity contribution in [2.75, 3.05) is 0 Å². The Bertz CT molecular complexity index is 462. The van der Waals surface area contributed by atoms with Gasteiger partial charge in [-0.3, -0.25) is 0 Å². The van der Waals surface area contributed by atoms with Crippen LogP contribution in [0.15, 0.2) is 12.1 Å². The molecule has 2 bridgehead atoms. The third-order valence-electron chi connectivity index (χ3n) is 1.71. The molecule has 1 aliphatic heterocycles. The van der Waals surface area contributed by atoms with Crippen LogP contribution in [0.4, 0.5) is 0 Å². The fourth-order valence-corrected chi connectivity index (χ4v) is 1.93. The fraction of sp³-hybridized carbons (Fsp3) is 0.143. The van der Waals surface area contributed by atoms with E-state index in [4.69, 9.17) is 0 Å². The second-order valence-electron chi connectivity index (χ2n) is 2.61. The minimum Gasteiger partial charge on any atom is -0.504 e. The average molecular weight is 202 g/mol. The maximum absolute atomic E-state index is 10.9. The summed E-state index contributed by atoms with van der Waals surface area (Å²) in [5, 5.41) is 9.24. The van der Waals surface area contributed by atoms with Crippen LogP contribution in [0.3, 0.4) is 0 Å². The van der Waals surface area contributed by atoms with Crippen molar-refractivity contribution >= 4 is 10.4 Å². The van der Waals surface area contributed by atoms with Crippen LogP contribution in [0.2, 0.25) is 0 Å². The van der Waals surface area contributed by atoms with Gasteiger partial charge in [0.1, 0.15) is 0 Å². The summed E-state index contributed by atoms with van der Waals surface area (Å²) in [5.74, 6) is -0.101. The van der Waals surface area contributed by atoms with Gasteiger partial charge >= 0.3 is 10.4 Å². The van der Waals surface area contributed by atoms with Crippen molar-refractivity contribution in [1.82, 2.24) is 0 Å². The lowest BCUT2D eigenvalue weighted by molar-refractivity contribution is 0.356. The van der Waals surface area contributed by atoms with Crippen molar-refractivity contribution < 1.29 is 21.9 Å². The van der Waals surface area contributed by atoms with Gasteiger partial charge in [0.2, 0.25) is 0 Å². The highest BCUT2D eigenvalue weighted by Crippen LogP contribution is 2.40. The van der Waals surface area contributed by atoms with Crippen LogP contribution in [0.5, 0.6) is 17.2 Å². The van der Waals surface area contributed by atoms with Gasteiger partial charge in [0.05, 0.1) is 0 Å². The number of hydrogen-bond acceptors (Lipinski definition) is 5. The van der Waals surface area contributed by atoms with Crippen molar-refractivity contribution in [3.05, 3.63) is 17.7 Å². The average Bonchev–Trinajstić information content (AvgIpc) is 2.02. The Hall–Kier alpha value is -1.43. The third kappa shape index (κ3) is 1.19. The van der Waals surface area contributed by atoms with Crippen LogP contribution in [0.1, 0.15) is 5.56 Å². The predicted molar refractivity (Wildman–Crippen MR) is 43.0 cm³/mol. The molecule has 0 aromatic heterocycles. The van der Waals surface area contributed by atoms with Crippen LogP contribution < -0.4 is 8.37 Å². The molecule has 0 aliphatic carbocycles. The van der Waals surface area contributed by atoms with Gasteiger partial charge in [-0.05, 0) is 19.1 Å². The molecule has 0 amide bonds. The Kier molecular flexibility index (Phi) is 1.44. The number of benzene rings is 1. The van der Waals surface area contributed by atoms with E-state index < -0.39 is 10.4 Å². The van der Waals surface area contributed by atoms with Gasteiger partial charge in [0.25, 0.3) is 0 Å². The minimum absolute atomic E-state index is 0.0660. The van der Waals surface area contributed by atoms with Gasteiger partial charge in [0.15, 0.2) is 17.2 Å². The molecular weight excluding hydrogens is 196 g/mol. The Morgan fingerprint density at radius 3 is 2.69 bits per heavy atom. The van der Waals surface area contributed by atoms with E-state index in [1.165, 1.54) is 12.1 Å². The quantitative estimate of drug-likeness (QED) is 0.670. The molecule has 2 rings (SSSR count). The largest absolute Gasteiger partial charge is 0.504 e.